The third kappa shape index (κ3) is 10.5. The van der Waals surface area contributed by atoms with Gasteiger partial charge in [-0.25, -0.2) is 4.79 Å². The molecule has 194 valence electrons. The molecule has 36 heavy (non-hydrogen) atoms. The second-order valence-electron chi connectivity index (χ2n) is 8.99. The van der Waals surface area contributed by atoms with Crippen molar-refractivity contribution in [1.29, 1.82) is 0 Å². The molecule has 1 aromatic carbocycles. The van der Waals surface area contributed by atoms with Gasteiger partial charge in [0, 0.05) is 23.7 Å². The number of amides is 1. The number of nitrogens with two attached hydrogens (primary N) is 1. The van der Waals surface area contributed by atoms with E-state index in [0.29, 0.717) is 23.4 Å². The number of carbonyl (C=O) groups excluding carboxylic acids is 1. The van der Waals surface area contributed by atoms with Gasteiger partial charge in [0.2, 0.25) is 0 Å². The molecule has 5 heteroatoms. The summed E-state index contributed by atoms with van der Waals surface area (Å²) >= 11 is 0. The maximum absolute atomic E-state index is 12.6. The van der Waals surface area contributed by atoms with Crippen molar-refractivity contribution in [3.8, 4) is 0 Å². The lowest BCUT2D eigenvalue weighted by molar-refractivity contribution is 0.0949. The Morgan fingerprint density at radius 3 is 2.08 bits per heavy atom. The van der Waals surface area contributed by atoms with Gasteiger partial charge in [-0.3, -0.25) is 4.79 Å². The number of hydrogen-bond donors (Lipinski definition) is 2. The maximum atomic E-state index is 12.6. The molecule has 0 saturated heterocycles. The summed E-state index contributed by atoms with van der Waals surface area (Å²) < 4.78 is 5.30. The number of nitrogen functional groups attached to an aromatic ring is 1. The lowest BCUT2D eigenvalue weighted by Crippen LogP contribution is -2.30. The summed E-state index contributed by atoms with van der Waals surface area (Å²) in [4.78, 5) is 24.9. The van der Waals surface area contributed by atoms with Crippen molar-refractivity contribution >= 4 is 22.6 Å². The monoisotopic (exact) mass is 490 g/mol. The quantitative estimate of drug-likeness (QED) is 0.110. The Hall–Kier alpha value is -3.34. The molecule has 0 spiro atoms. The van der Waals surface area contributed by atoms with Crippen LogP contribution in [0.2, 0.25) is 0 Å². The molecule has 0 fully saturated rings. The summed E-state index contributed by atoms with van der Waals surface area (Å²) in [6.07, 6.45) is 28.5. The first-order chi connectivity index (χ1) is 17.5. The van der Waals surface area contributed by atoms with Gasteiger partial charge in [-0.1, -0.05) is 68.4 Å². The van der Waals surface area contributed by atoms with Gasteiger partial charge >= 0.3 is 5.63 Å². The van der Waals surface area contributed by atoms with E-state index < -0.39 is 11.5 Å². The van der Waals surface area contributed by atoms with Gasteiger partial charge in [-0.2, -0.15) is 0 Å². The van der Waals surface area contributed by atoms with Gasteiger partial charge in [0.05, 0.1) is 0 Å². The zero-order chi connectivity index (χ0) is 26.0. The van der Waals surface area contributed by atoms with Gasteiger partial charge in [0.1, 0.15) is 11.1 Å². The van der Waals surface area contributed by atoms with E-state index in [1.165, 1.54) is 25.7 Å². The van der Waals surface area contributed by atoms with E-state index in [9.17, 15) is 9.59 Å². The zero-order valence-electron chi connectivity index (χ0n) is 21.9. The molecule has 0 unspecified atom stereocenters. The van der Waals surface area contributed by atoms with E-state index in [1.54, 1.807) is 25.1 Å². The molecule has 0 saturated carbocycles. The number of benzene rings is 1. The second-order valence-corrected chi connectivity index (χ2v) is 8.99. The fourth-order valence-corrected chi connectivity index (χ4v) is 3.87. The van der Waals surface area contributed by atoms with Crippen LogP contribution in [0, 0.1) is 6.92 Å². The number of carbonyl (C=O) groups is 1. The fraction of sp³-hybridized carbons (Fsp3) is 0.419. The number of aryl methyl sites for hydroxylation is 1. The Bertz CT molecular complexity index is 1120. The molecule has 2 aromatic rings. The number of hydrogen-bond acceptors (Lipinski definition) is 4. The minimum Gasteiger partial charge on any atom is -0.422 e. The van der Waals surface area contributed by atoms with Gasteiger partial charge in [-0.05, 0) is 76.0 Å². The van der Waals surface area contributed by atoms with Crippen molar-refractivity contribution in [2.75, 3.05) is 12.3 Å². The van der Waals surface area contributed by atoms with Crippen LogP contribution in [-0.4, -0.2) is 12.5 Å². The Balaban J connectivity index is 1.57. The summed E-state index contributed by atoms with van der Waals surface area (Å²) in [6, 6.07) is 5.10. The molecule has 1 amide bonds. The molecule has 5 nitrogen and oxygen atoms in total. The topological polar surface area (TPSA) is 85.3 Å². The number of fused-ring (bicyclic) bond motifs is 1. The molecule has 0 bridgehead atoms. The minimum absolute atomic E-state index is 0.0627. The predicted molar refractivity (Wildman–Crippen MR) is 152 cm³/mol. The molecule has 1 heterocycles. The Morgan fingerprint density at radius 2 is 1.47 bits per heavy atom. The molecule has 0 aliphatic heterocycles. The smallest absolute Gasteiger partial charge is 0.349 e. The highest BCUT2D eigenvalue weighted by atomic mass is 16.4. The average molecular weight is 491 g/mol. The van der Waals surface area contributed by atoms with E-state index >= 15 is 0 Å². The number of anilines is 1. The third-order valence-electron chi connectivity index (χ3n) is 5.96. The van der Waals surface area contributed by atoms with Crippen LogP contribution in [-0.2, 0) is 0 Å². The lowest BCUT2D eigenvalue weighted by atomic mass is 10.1. The number of rotatable bonds is 16. The van der Waals surface area contributed by atoms with Crippen molar-refractivity contribution in [1.82, 2.24) is 5.32 Å². The molecular formula is C31H42N2O3. The first-order valence-corrected chi connectivity index (χ1v) is 13.3. The van der Waals surface area contributed by atoms with Crippen molar-refractivity contribution in [3.63, 3.8) is 0 Å². The van der Waals surface area contributed by atoms with Crippen molar-refractivity contribution in [2.45, 2.75) is 78.1 Å². The average Bonchev–Trinajstić information content (AvgIpc) is 2.85. The highest BCUT2D eigenvalue weighted by Crippen LogP contribution is 2.21. The standard InChI is InChI=1S/C31H42N2O3/c1-3-4-5-6-7-8-9-10-11-12-13-14-15-16-17-18-19-20-23-33-30(34)29-25(2)27-22-21-26(32)24-28(27)36-31(29)35/h7-8,10-11,13-14,16-17,21-22,24H,3-6,9,12,15,18-20,23,32H2,1-2H3,(H,33,34)/b8-7-,11-10-,14-13-,17-16-. The summed E-state index contributed by atoms with van der Waals surface area (Å²) in [5.74, 6) is -0.391. The Labute approximate surface area is 215 Å². The van der Waals surface area contributed by atoms with Gasteiger partial charge in [0.25, 0.3) is 5.91 Å². The SMILES string of the molecule is CCCCC/C=C\C/C=C\C/C=C\C/C=C\CCCCNC(=O)c1c(C)c2ccc(N)cc2oc1=O. The van der Waals surface area contributed by atoms with Crippen molar-refractivity contribution in [2.24, 2.45) is 0 Å². The highest BCUT2D eigenvalue weighted by Gasteiger charge is 2.18. The van der Waals surface area contributed by atoms with Gasteiger partial charge in [0.15, 0.2) is 0 Å². The normalized spacial score (nSPS) is 12.2. The molecule has 0 atom stereocenters. The van der Waals surface area contributed by atoms with Crippen molar-refractivity contribution in [3.05, 3.63) is 88.4 Å². The first kappa shape index (κ1) is 28.9. The second kappa shape index (κ2) is 17.1. The summed E-state index contributed by atoms with van der Waals surface area (Å²) in [5.41, 5.74) is 6.70. The molecule has 2 rings (SSSR count). The van der Waals surface area contributed by atoms with Crippen molar-refractivity contribution < 1.29 is 9.21 Å². The van der Waals surface area contributed by atoms with Crippen LogP contribution < -0.4 is 16.7 Å². The van der Waals surface area contributed by atoms with E-state index in [0.717, 1.165) is 43.9 Å². The molecule has 1 aromatic heterocycles. The van der Waals surface area contributed by atoms with E-state index in [1.807, 2.05) is 0 Å². The van der Waals surface area contributed by atoms with Crippen LogP contribution in [0.3, 0.4) is 0 Å². The van der Waals surface area contributed by atoms with Crippen LogP contribution in [0.1, 0.15) is 87.1 Å². The zero-order valence-corrected chi connectivity index (χ0v) is 21.9. The highest BCUT2D eigenvalue weighted by molar-refractivity contribution is 5.99. The Morgan fingerprint density at radius 1 is 0.889 bits per heavy atom. The van der Waals surface area contributed by atoms with Crippen LogP contribution in [0.5, 0.6) is 0 Å². The van der Waals surface area contributed by atoms with Gasteiger partial charge in [-0.15, -0.1) is 0 Å². The summed E-state index contributed by atoms with van der Waals surface area (Å²) in [5, 5.41) is 3.56. The summed E-state index contributed by atoms with van der Waals surface area (Å²) in [6.45, 7) is 4.51. The molecule has 0 radical (unpaired) electrons. The summed E-state index contributed by atoms with van der Waals surface area (Å²) in [7, 11) is 0. The minimum atomic E-state index is -0.635. The molecule has 3 N–H and O–H groups in total. The van der Waals surface area contributed by atoms with E-state index in [2.05, 4.69) is 60.8 Å². The number of unbranched alkanes of at least 4 members (excludes halogenated alkanes) is 5. The predicted octanol–water partition coefficient (Wildman–Crippen LogP) is 7.56. The molecular weight excluding hydrogens is 448 g/mol. The van der Waals surface area contributed by atoms with Gasteiger partial charge < -0.3 is 15.5 Å². The van der Waals surface area contributed by atoms with Crippen LogP contribution in [0.25, 0.3) is 11.0 Å². The number of nitrogens with one attached hydrogen (secondary N) is 1. The van der Waals surface area contributed by atoms with Crippen LogP contribution in [0.15, 0.2) is 76.0 Å². The number of allylic oxidation sites excluding steroid dienone is 8. The fourth-order valence-electron chi connectivity index (χ4n) is 3.87. The van der Waals surface area contributed by atoms with Crippen LogP contribution >= 0.6 is 0 Å². The Kier molecular flexibility index (Phi) is 13.8. The van der Waals surface area contributed by atoms with Crippen LogP contribution in [0.4, 0.5) is 5.69 Å². The largest absolute Gasteiger partial charge is 0.422 e. The molecule has 0 aliphatic rings. The lowest BCUT2D eigenvalue weighted by Gasteiger charge is -2.09. The molecule has 0 aliphatic carbocycles. The maximum Gasteiger partial charge on any atom is 0.349 e. The third-order valence-corrected chi connectivity index (χ3v) is 5.96. The van der Waals surface area contributed by atoms with E-state index in [4.69, 9.17) is 10.2 Å². The van der Waals surface area contributed by atoms with E-state index in [-0.39, 0.29) is 5.56 Å². The first-order valence-electron chi connectivity index (χ1n) is 13.3.